The zero-order chi connectivity index (χ0) is 22.2. The van der Waals surface area contributed by atoms with Crippen LogP contribution < -0.4 is 15.0 Å². The minimum Gasteiger partial charge on any atom is -0.484 e. The van der Waals surface area contributed by atoms with Crippen LogP contribution in [0, 0.1) is 10.1 Å². The Kier molecular flexibility index (Phi) is 6.95. The molecule has 0 heterocycles. The summed E-state index contributed by atoms with van der Waals surface area (Å²) in [6.07, 6.45) is 0. The van der Waals surface area contributed by atoms with Crippen LogP contribution >= 0.6 is 0 Å². The molecule has 2 amide bonds. The van der Waals surface area contributed by atoms with E-state index in [-0.39, 0.29) is 29.7 Å². The van der Waals surface area contributed by atoms with Crippen molar-refractivity contribution >= 4 is 23.2 Å². The second-order valence-electron chi connectivity index (χ2n) is 6.72. The van der Waals surface area contributed by atoms with Gasteiger partial charge in [-0.2, -0.15) is 0 Å². The van der Waals surface area contributed by atoms with Crippen LogP contribution in [0.15, 0.2) is 78.9 Å². The standard InChI is InChI=1S/C23H21N3O5/c1-25(23(28)18-8-5-9-20(14-18)26(29)30)19-10-12-21(13-11-19)31-16-22(27)24-15-17-6-3-2-4-7-17/h2-14H,15-16H2,1H3,(H,24,27). The summed E-state index contributed by atoms with van der Waals surface area (Å²) in [4.78, 5) is 36.3. The Bertz CT molecular complexity index is 1070. The predicted octanol–water partition coefficient (Wildman–Crippen LogP) is 3.57. The van der Waals surface area contributed by atoms with E-state index in [0.717, 1.165) is 5.56 Å². The van der Waals surface area contributed by atoms with E-state index < -0.39 is 4.92 Å². The molecule has 0 aliphatic heterocycles. The van der Waals surface area contributed by atoms with E-state index in [1.54, 1.807) is 31.3 Å². The van der Waals surface area contributed by atoms with Crippen molar-refractivity contribution in [1.82, 2.24) is 5.32 Å². The molecule has 0 aromatic heterocycles. The normalized spacial score (nSPS) is 10.2. The molecule has 0 fully saturated rings. The van der Waals surface area contributed by atoms with Crippen LogP contribution in [0.4, 0.5) is 11.4 Å². The van der Waals surface area contributed by atoms with Crippen LogP contribution in [0.2, 0.25) is 0 Å². The van der Waals surface area contributed by atoms with Crippen LogP contribution in [0.1, 0.15) is 15.9 Å². The number of hydrogen-bond donors (Lipinski definition) is 1. The number of nitrogens with one attached hydrogen (secondary N) is 1. The van der Waals surface area contributed by atoms with Gasteiger partial charge in [0.05, 0.1) is 4.92 Å². The summed E-state index contributed by atoms with van der Waals surface area (Å²) in [5.41, 5.74) is 1.65. The number of hydrogen-bond acceptors (Lipinski definition) is 5. The summed E-state index contributed by atoms with van der Waals surface area (Å²) in [6, 6.07) is 21.8. The van der Waals surface area contributed by atoms with E-state index >= 15 is 0 Å². The second-order valence-corrected chi connectivity index (χ2v) is 6.72. The molecule has 8 nitrogen and oxygen atoms in total. The van der Waals surface area contributed by atoms with Crippen molar-refractivity contribution in [2.75, 3.05) is 18.6 Å². The van der Waals surface area contributed by atoms with E-state index in [2.05, 4.69) is 5.32 Å². The lowest BCUT2D eigenvalue weighted by atomic mass is 10.1. The molecule has 0 bridgehead atoms. The second kappa shape index (κ2) is 10.0. The van der Waals surface area contributed by atoms with E-state index in [9.17, 15) is 19.7 Å². The van der Waals surface area contributed by atoms with Gasteiger partial charge in [-0.3, -0.25) is 19.7 Å². The van der Waals surface area contributed by atoms with Gasteiger partial charge in [0.2, 0.25) is 0 Å². The maximum absolute atomic E-state index is 12.6. The Balaban J connectivity index is 1.54. The quantitative estimate of drug-likeness (QED) is 0.444. The maximum Gasteiger partial charge on any atom is 0.270 e. The van der Waals surface area contributed by atoms with Crippen molar-refractivity contribution < 1.29 is 19.2 Å². The number of amides is 2. The molecule has 3 aromatic rings. The zero-order valence-electron chi connectivity index (χ0n) is 16.9. The average molecular weight is 419 g/mol. The molecule has 0 spiro atoms. The third-order valence-corrected chi connectivity index (χ3v) is 4.54. The number of benzene rings is 3. The minimum atomic E-state index is -0.543. The van der Waals surface area contributed by atoms with Crippen molar-refractivity contribution in [2.24, 2.45) is 0 Å². The van der Waals surface area contributed by atoms with Gasteiger partial charge in [0.1, 0.15) is 5.75 Å². The van der Waals surface area contributed by atoms with Gasteiger partial charge in [0.25, 0.3) is 17.5 Å². The van der Waals surface area contributed by atoms with Gasteiger partial charge in [-0.05, 0) is 35.9 Å². The van der Waals surface area contributed by atoms with Crippen molar-refractivity contribution in [2.45, 2.75) is 6.54 Å². The van der Waals surface area contributed by atoms with E-state index in [0.29, 0.717) is 18.0 Å². The summed E-state index contributed by atoms with van der Waals surface area (Å²) in [5.74, 6) is -0.140. The molecule has 0 saturated carbocycles. The predicted molar refractivity (Wildman–Crippen MR) is 116 cm³/mol. The highest BCUT2D eigenvalue weighted by Crippen LogP contribution is 2.21. The van der Waals surface area contributed by atoms with Gasteiger partial charge < -0.3 is 15.0 Å². The number of carbonyl (C=O) groups excluding carboxylic acids is 2. The lowest BCUT2D eigenvalue weighted by molar-refractivity contribution is -0.384. The van der Waals surface area contributed by atoms with Gasteiger partial charge in [-0.25, -0.2) is 0 Å². The first kappa shape index (κ1) is 21.5. The van der Waals surface area contributed by atoms with Crippen molar-refractivity contribution in [3.05, 3.63) is 100 Å². The molecule has 0 aliphatic carbocycles. The van der Waals surface area contributed by atoms with Crippen molar-refractivity contribution in [1.29, 1.82) is 0 Å². The van der Waals surface area contributed by atoms with Gasteiger partial charge in [-0.15, -0.1) is 0 Å². The first-order valence-corrected chi connectivity index (χ1v) is 9.50. The van der Waals surface area contributed by atoms with Crippen LogP contribution in [0.5, 0.6) is 5.75 Å². The van der Waals surface area contributed by atoms with E-state index in [4.69, 9.17) is 4.74 Å². The highest BCUT2D eigenvalue weighted by molar-refractivity contribution is 6.06. The number of ether oxygens (including phenoxy) is 1. The van der Waals surface area contributed by atoms with Crippen molar-refractivity contribution in [3.8, 4) is 5.75 Å². The van der Waals surface area contributed by atoms with Crippen LogP contribution in [-0.4, -0.2) is 30.4 Å². The van der Waals surface area contributed by atoms with Gasteiger partial charge in [0, 0.05) is 37.0 Å². The Labute approximate surface area is 179 Å². The molecule has 0 unspecified atom stereocenters. The molecule has 3 aromatic carbocycles. The molecule has 3 rings (SSSR count). The Hall–Kier alpha value is -4.20. The lowest BCUT2D eigenvalue weighted by Crippen LogP contribution is -2.28. The monoisotopic (exact) mass is 419 g/mol. The third kappa shape index (κ3) is 5.89. The number of anilines is 1. The van der Waals surface area contributed by atoms with Crippen molar-refractivity contribution in [3.63, 3.8) is 0 Å². The Morgan fingerprint density at radius 1 is 1.00 bits per heavy atom. The molecular formula is C23H21N3O5. The first-order chi connectivity index (χ1) is 14.9. The summed E-state index contributed by atoms with van der Waals surface area (Å²) in [5, 5.41) is 13.7. The molecule has 158 valence electrons. The SMILES string of the molecule is CN(C(=O)c1cccc([N+](=O)[O-])c1)c1ccc(OCC(=O)NCc2ccccc2)cc1. The molecule has 0 aliphatic rings. The number of carbonyl (C=O) groups is 2. The Morgan fingerprint density at radius 3 is 2.39 bits per heavy atom. The smallest absolute Gasteiger partial charge is 0.270 e. The topological polar surface area (TPSA) is 102 Å². The highest BCUT2D eigenvalue weighted by atomic mass is 16.6. The fourth-order valence-corrected chi connectivity index (χ4v) is 2.83. The summed E-state index contributed by atoms with van der Waals surface area (Å²) >= 11 is 0. The molecule has 1 N–H and O–H groups in total. The number of nitrogens with zero attached hydrogens (tertiary/aromatic N) is 2. The van der Waals surface area contributed by atoms with Gasteiger partial charge in [0.15, 0.2) is 6.61 Å². The zero-order valence-corrected chi connectivity index (χ0v) is 16.9. The molecule has 0 atom stereocenters. The number of rotatable bonds is 8. The lowest BCUT2D eigenvalue weighted by Gasteiger charge is -2.18. The highest BCUT2D eigenvalue weighted by Gasteiger charge is 2.16. The summed E-state index contributed by atoms with van der Waals surface area (Å²) < 4.78 is 5.49. The molecule has 31 heavy (non-hydrogen) atoms. The first-order valence-electron chi connectivity index (χ1n) is 9.50. The maximum atomic E-state index is 12.6. The Morgan fingerprint density at radius 2 is 1.71 bits per heavy atom. The average Bonchev–Trinajstić information content (AvgIpc) is 2.81. The third-order valence-electron chi connectivity index (χ3n) is 4.54. The van der Waals surface area contributed by atoms with E-state index in [1.807, 2.05) is 30.3 Å². The van der Waals surface area contributed by atoms with Crippen LogP contribution in [0.25, 0.3) is 0 Å². The molecule has 0 radical (unpaired) electrons. The largest absolute Gasteiger partial charge is 0.484 e. The number of non-ortho nitro benzene ring substituents is 1. The molecule has 0 saturated heterocycles. The summed E-state index contributed by atoms with van der Waals surface area (Å²) in [6.45, 7) is 0.293. The molecular weight excluding hydrogens is 398 g/mol. The minimum absolute atomic E-state index is 0.130. The number of nitro benzene ring substituents is 1. The summed E-state index contributed by atoms with van der Waals surface area (Å²) in [7, 11) is 1.58. The molecule has 8 heteroatoms. The van der Waals surface area contributed by atoms with E-state index in [1.165, 1.54) is 29.2 Å². The fourth-order valence-electron chi connectivity index (χ4n) is 2.83. The number of nitro groups is 1. The fraction of sp³-hybridized carbons (Fsp3) is 0.130. The van der Waals surface area contributed by atoms with Gasteiger partial charge >= 0.3 is 0 Å². The van der Waals surface area contributed by atoms with Crippen LogP contribution in [-0.2, 0) is 11.3 Å². The van der Waals surface area contributed by atoms with Crippen LogP contribution in [0.3, 0.4) is 0 Å². The van der Waals surface area contributed by atoms with Gasteiger partial charge in [-0.1, -0.05) is 36.4 Å².